The molecular weight excluding hydrogens is 216 g/mol. The van der Waals surface area contributed by atoms with E-state index < -0.39 is 0 Å². The van der Waals surface area contributed by atoms with Gasteiger partial charge in [-0.05, 0) is 30.2 Å². The molecule has 0 unspecified atom stereocenters. The lowest BCUT2D eigenvalue weighted by Gasteiger charge is -2.08. The van der Waals surface area contributed by atoms with E-state index in [9.17, 15) is 4.79 Å². The van der Waals surface area contributed by atoms with E-state index in [1.807, 2.05) is 6.92 Å². The zero-order chi connectivity index (χ0) is 12.4. The van der Waals surface area contributed by atoms with Gasteiger partial charge in [0.1, 0.15) is 5.75 Å². The fourth-order valence-corrected chi connectivity index (χ4v) is 1.61. The molecule has 88 valence electrons. The van der Waals surface area contributed by atoms with Gasteiger partial charge in [0.05, 0.1) is 12.2 Å². The second-order valence-corrected chi connectivity index (χ2v) is 4.04. The number of aromatic nitrogens is 1. The first-order valence-corrected chi connectivity index (χ1v) is 5.31. The Hall–Kier alpha value is -2.23. The van der Waals surface area contributed by atoms with E-state index in [1.54, 1.807) is 35.0 Å². The van der Waals surface area contributed by atoms with E-state index in [4.69, 9.17) is 10.8 Å². The van der Waals surface area contributed by atoms with Crippen molar-refractivity contribution in [2.24, 2.45) is 0 Å². The van der Waals surface area contributed by atoms with Crippen LogP contribution < -0.4 is 11.3 Å². The smallest absolute Gasteiger partial charge is 0.251 e. The number of hydrogen-bond acceptors (Lipinski definition) is 3. The zero-order valence-electron chi connectivity index (χ0n) is 9.55. The summed E-state index contributed by atoms with van der Waals surface area (Å²) in [4.78, 5) is 11.7. The third kappa shape index (κ3) is 2.47. The number of rotatable bonds is 2. The highest BCUT2D eigenvalue weighted by molar-refractivity contribution is 5.43. The van der Waals surface area contributed by atoms with E-state index in [0.29, 0.717) is 12.2 Å². The van der Waals surface area contributed by atoms with Gasteiger partial charge < -0.3 is 15.4 Å². The van der Waals surface area contributed by atoms with Gasteiger partial charge in [0.2, 0.25) is 0 Å². The van der Waals surface area contributed by atoms with Gasteiger partial charge >= 0.3 is 0 Å². The van der Waals surface area contributed by atoms with Crippen LogP contribution in [0.25, 0.3) is 0 Å². The summed E-state index contributed by atoms with van der Waals surface area (Å²) in [5, 5.41) is 9.17. The van der Waals surface area contributed by atoms with E-state index in [0.717, 1.165) is 11.1 Å². The molecule has 0 atom stereocenters. The fourth-order valence-electron chi connectivity index (χ4n) is 1.61. The highest BCUT2D eigenvalue weighted by Gasteiger charge is 2.01. The maximum Gasteiger partial charge on any atom is 0.251 e. The lowest BCUT2D eigenvalue weighted by Crippen LogP contribution is -2.20. The first-order chi connectivity index (χ1) is 8.06. The molecule has 2 aromatic rings. The molecule has 0 spiro atoms. The summed E-state index contributed by atoms with van der Waals surface area (Å²) in [5.74, 6) is 0.213. The van der Waals surface area contributed by atoms with Crippen LogP contribution in [-0.4, -0.2) is 9.67 Å². The van der Waals surface area contributed by atoms with Crippen molar-refractivity contribution in [2.45, 2.75) is 13.5 Å². The van der Waals surface area contributed by atoms with Gasteiger partial charge in [0, 0.05) is 12.3 Å². The second kappa shape index (κ2) is 4.33. The minimum absolute atomic E-state index is 0.0789. The predicted molar refractivity (Wildman–Crippen MR) is 67.1 cm³/mol. The minimum atomic E-state index is -0.0789. The number of nitrogens with zero attached hydrogens (tertiary/aromatic N) is 1. The number of anilines is 1. The molecule has 0 saturated heterocycles. The largest absolute Gasteiger partial charge is 0.508 e. The molecule has 1 heterocycles. The van der Waals surface area contributed by atoms with E-state index >= 15 is 0 Å². The van der Waals surface area contributed by atoms with Gasteiger partial charge in [-0.15, -0.1) is 0 Å². The lowest BCUT2D eigenvalue weighted by molar-refractivity contribution is 0.475. The van der Waals surface area contributed by atoms with Crippen molar-refractivity contribution in [3.05, 3.63) is 58.0 Å². The van der Waals surface area contributed by atoms with Crippen LogP contribution in [0.1, 0.15) is 11.1 Å². The van der Waals surface area contributed by atoms with Crippen LogP contribution >= 0.6 is 0 Å². The number of nitrogen functional groups attached to an aromatic ring is 1. The molecule has 4 heteroatoms. The highest BCUT2D eigenvalue weighted by Crippen LogP contribution is 2.11. The van der Waals surface area contributed by atoms with E-state index in [1.165, 1.54) is 6.07 Å². The molecule has 0 aliphatic carbocycles. The van der Waals surface area contributed by atoms with Crippen LogP contribution in [0.15, 0.2) is 41.3 Å². The number of nitrogens with two attached hydrogens (primary N) is 1. The summed E-state index contributed by atoms with van der Waals surface area (Å²) in [6, 6.07) is 8.27. The molecule has 0 aliphatic heterocycles. The SMILES string of the molecule is Cc1cc(=O)n(Cc2ccc(O)cc2)cc1N. The standard InChI is InChI=1S/C13H14N2O2/c1-9-6-13(17)15(8-12(9)14)7-10-2-4-11(16)5-3-10/h2-6,8,16H,7,14H2,1H3. The average molecular weight is 230 g/mol. The number of phenols is 1. The molecule has 1 aromatic carbocycles. The monoisotopic (exact) mass is 230 g/mol. The summed E-state index contributed by atoms with van der Waals surface area (Å²) in [7, 11) is 0. The Morgan fingerprint density at radius 1 is 1.29 bits per heavy atom. The predicted octanol–water partition coefficient (Wildman–Crippen LogP) is 1.49. The molecule has 3 N–H and O–H groups in total. The van der Waals surface area contributed by atoms with E-state index in [-0.39, 0.29) is 11.3 Å². The van der Waals surface area contributed by atoms with Crippen molar-refractivity contribution >= 4 is 5.69 Å². The molecule has 4 nitrogen and oxygen atoms in total. The Kier molecular flexibility index (Phi) is 2.87. The minimum Gasteiger partial charge on any atom is -0.508 e. The summed E-state index contributed by atoms with van der Waals surface area (Å²) in [6.45, 7) is 2.26. The summed E-state index contributed by atoms with van der Waals surface area (Å²) in [5.41, 5.74) is 8.02. The Bertz CT molecular complexity index is 585. The molecule has 0 saturated carbocycles. The normalized spacial score (nSPS) is 10.4. The number of aryl methyl sites for hydroxylation is 1. The van der Waals surface area contributed by atoms with Crippen molar-refractivity contribution < 1.29 is 5.11 Å². The Morgan fingerprint density at radius 3 is 2.59 bits per heavy atom. The van der Waals surface area contributed by atoms with Gasteiger partial charge in [-0.3, -0.25) is 4.79 Å². The molecular formula is C13H14N2O2. The Labute approximate surface area is 98.9 Å². The summed E-state index contributed by atoms with van der Waals surface area (Å²) >= 11 is 0. The molecule has 0 bridgehead atoms. The quantitative estimate of drug-likeness (QED) is 0.821. The van der Waals surface area contributed by atoms with Crippen LogP contribution in [-0.2, 0) is 6.54 Å². The third-order valence-corrected chi connectivity index (χ3v) is 2.66. The third-order valence-electron chi connectivity index (χ3n) is 2.66. The van der Waals surface area contributed by atoms with Crippen LogP contribution in [0.2, 0.25) is 0 Å². The number of hydrogen-bond donors (Lipinski definition) is 2. The maximum absolute atomic E-state index is 11.7. The van der Waals surface area contributed by atoms with Gasteiger partial charge in [-0.25, -0.2) is 0 Å². The van der Waals surface area contributed by atoms with Crippen LogP contribution in [0.3, 0.4) is 0 Å². The molecule has 0 radical (unpaired) electrons. The molecule has 0 amide bonds. The number of phenolic OH excluding ortho intramolecular Hbond substituents is 1. The average Bonchev–Trinajstić information content (AvgIpc) is 2.29. The first-order valence-electron chi connectivity index (χ1n) is 5.31. The maximum atomic E-state index is 11.7. The van der Waals surface area contributed by atoms with Crippen molar-refractivity contribution in [1.82, 2.24) is 4.57 Å². The first kappa shape index (κ1) is 11.3. The van der Waals surface area contributed by atoms with Gasteiger partial charge in [0.15, 0.2) is 0 Å². The fraction of sp³-hybridized carbons (Fsp3) is 0.154. The van der Waals surface area contributed by atoms with Crippen LogP contribution in [0.4, 0.5) is 5.69 Å². The van der Waals surface area contributed by atoms with Crippen molar-refractivity contribution in [3.8, 4) is 5.75 Å². The lowest BCUT2D eigenvalue weighted by atomic mass is 10.2. The Balaban J connectivity index is 2.33. The molecule has 2 rings (SSSR count). The highest BCUT2D eigenvalue weighted by atomic mass is 16.3. The van der Waals surface area contributed by atoms with Crippen molar-refractivity contribution in [2.75, 3.05) is 5.73 Å². The van der Waals surface area contributed by atoms with Crippen LogP contribution in [0.5, 0.6) is 5.75 Å². The Morgan fingerprint density at radius 2 is 1.94 bits per heavy atom. The number of benzene rings is 1. The van der Waals surface area contributed by atoms with Gasteiger partial charge in [-0.2, -0.15) is 0 Å². The molecule has 0 aliphatic rings. The molecule has 0 fully saturated rings. The van der Waals surface area contributed by atoms with Crippen molar-refractivity contribution in [1.29, 1.82) is 0 Å². The van der Waals surface area contributed by atoms with Crippen molar-refractivity contribution in [3.63, 3.8) is 0 Å². The zero-order valence-corrected chi connectivity index (χ0v) is 9.55. The summed E-state index contributed by atoms with van der Waals surface area (Å²) in [6.07, 6.45) is 1.64. The summed E-state index contributed by atoms with van der Waals surface area (Å²) < 4.78 is 1.55. The number of pyridine rings is 1. The van der Waals surface area contributed by atoms with E-state index in [2.05, 4.69) is 0 Å². The van der Waals surface area contributed by atoms with Gasteiger partial charge in [0.25, 0.3) is 5.56 Å². The van der Waals surface area contributed by atoms with Gasteiger partial charge in [-0.1, -0.05) is 12.1 Å². The number of aromatic hydroxyl groups is 1. The topological polar surface area (TPSA) is 68.2 Å². The van der Waals surface area contributed by atoms with Crippen LogP contribution in [0, 0.1) is 6.92 Å². The molecule has 17 heavy (non-hydrogen) atoms. The second-order valence-electron chi connectivity index (χ2n) is 4.04. The molecule has 1 aromatic heterocycles.